The van der Waals surface area contributed by atoms with Gasteiger partial charge in [-0.1, -0.05) is 35.9 Å². The Morgan fingerprint density at radius 1 is 0.970 bits per heavy atom. The zero-order valence-electron chi connectivity index (χ0n) is 17.8. The molecule has 0 radical (unpaired) electrons. The van der Waals surface area contributed by atoms with Crippen LogP contribution in [0.1, 0.15) is 16.7 Å². The summed E-state index contributed by atoms with van der Waals surface area (Å²) in [5, 5.41) is 11.9. The third kappa shape index (κ3) is 3.90. The summed E-state index contributed by atoms with van der Waals surface area (Å²) in [6.45, 7) is 2.02. The number of aromatic nitrogens is 1. The Kier molecular flexibility index (Phi) is 5.03. The molecule has 1 aliphatic rings. The van der Waals surface area contributed by atoms with Crippen LogP contribution in [0.5, 0.6) is 0 Å². The maximum atomic E-state index is 13.6. The first kappa shape index (κ1) is 20.3. The normalized spacial score (nSPS) is 14.7. The van der Waals surface area contributed by atoms with Crippen LogP contribution in [0.4, 0.5) is 11.4 Å². The van der Waals surface area contributed by atoms with Crippen LogP contribution in [0.2, 0.25) is 0 Å². The third-order valence-electron chi connectivity index (χ3n) is 5.60. The Morgan fingerprint density at radius 3 is 2.45 bits per heavy atom. The molecule has 0 N–H and O–H groups in total. The molecule has 0 spiro atoms. The third-order valence-corrected chi connectivity index (χ3v) is 5.60. The van der Waals surface area contributed by atoms with E-state index in [1.165, 1.54) is 12.1 Å². The second-order valence-electron chi connectivity index (χ2n) is 7.86. The molecule has 33 heavy (non-hydrogen) atoms. The molecule has 0 atom stereocenters. The number of carbonyl (C=O) groups excluding carboxylic acids is 1. The summed E-state index contributed by atoms with van der Waals surface area (Å²) in [6.07, 6.45) is 5.36. The molecular weight excluding hydrogens is 414 g/mol. The summed E-state index contributed by atoms with van der Waals surface area (Å²) in [4.78, 5) is 30.1. The summed E-state index contributed by atoms with van der Waals surface area (Å²) >= 11 is 0. The van der Waals surface area contributed by atoms with Gasteiger partial charge in [-0.05, 0) is 66.6 Å². The summed E-state index contributed by atoms with van der Waals surface area (Å²) in [5.41, 5.74) is 5.67. The van der Waals surface area contributed by atoms with Gasteiger partial charge in [0.25, 0.3) is 11.6 Å². The topological polar surface area (TPSA) is 76.3 Å². The minimum Gasteiger partial charge on any atom is -0.276 e. The highest BCUT2D eigenvalue weighted by atomic mass is 16.6. The molecule has 3 aromatic carbocycles. The number of aryl methyl sites for hydroxylation is 1. The summed E-state index contributed by atoms with van der Waals surface area (Å²) < 4.78 is 0. The minimum atomic E-state index is -0.441. The van der Waals surface area contributed by atoms with E-state index < -0.39 is 4.92 Å². The fraction of sp³-hybridized carbons (Fsp3) is 0.0370. The van der Waals surface area contributed by atoms with Gasteiger partial charge in [0.1, 0.15) is 0 Å². The van der Waals surface area contributed by atoms with Crippen LogP contribution in [0.15, 0.2) is 96.7 Å². The lowest BCUT2D eigenvalue weighted by atomic mass is 10.1. The largest absolute Gasteiger partial charge is 0.276 e. The van der Waals surface area contributed by atoms with Crippen molar-refractivity contribution in [3.8, 4) is 0 Å². The van der Waals surface area contributed by atoms with E-state index in [1.807, 2.05) is 67.6 Å². The number of non-ortho nitro benzene ring substituents is 1. The molecule has 160 valence electrons. The summed E-state index contributed by atoms with van der Waals surface area (Å²) in [6, 6.07) is 23.8. The minimum absolute atomic E-state index is 0.0113. The van der Waals surface area contributed by atoms with E-state index in [1.54, 1.807) is 29.3 Å². The summed E-state index contributed by atoms with van der Waals surface area (Å²) in [5.74, 6) is -0.160. The molecular formula is C27H19N3O3. The van der Waals surface area contributed by atoms with Crippen molar-refractivity contribution < 1.29 is 9.72 Å². The van der Waals surface area contributed by atoms with Crippen LogP contribution < -0.4 is 4.90 Å². The van der Waals surface area contributed by atoms with Gasteiger partial charge in [0.2, 0.25) is 0 Å². The van der Waals surface area contributed by atoms with Crippen molar-refractivity contribution in [2.24, 2.45) is 0 Å². The molecule has 0 aliphatic carbocycles. The molecule has 1 aliphatic heterocycles. The molecule has 6 nitrogen and oxygen atoms in total. The number of hydrogen-bond acceptors (Lipinski definition) is 4. The van der Waals surface area contributed by atoms with Crippen molar-refractivity contribution in [3.63, 3.8) is 0 Å². The van der Waals surface area contributed by atoms with Crippen LogP contribution in [0.25, 0.3) is 22.7 Å². The van der Waals surface area contributed by atoms with Gasteiger partial charge < -0.3 is 0 Å². The first-order valence-corrected chi connectivity index (χ1v) is 10.4. The fourth-order valence-corrected chi connectivity index (χ4v) is 3.88. The number of nitrogens with zero attached hydrogens (tertiary/aromatic N) is 3. The first-order chi connectivity index (χ1) is 16.0. The Labute approximate surface area is 190 Å². The zero-order chi connectivity index (χ0) is 22.9. The Balaban J connectivity index is 1.60. The molecule has 0 unspecified atom stereocenters. The average molecular weight is 433 g/mol. The van der Waals surface area contributed by atoms with Gasteiger partial charge in [-0.15, -0.1) is 0 Å². The van der Waals surface area contributed by atoms with Gasteiger partial charge in [-0.25, -0.2) is 0 Å². The van der Waals surface area contributed by atoms with E-state index in [9.17, 15) is 14.9 Å². The lowest BCUT2D eigenvalue weighted by molar-refractivity contribution is -0.384. The van der Waals surface area contributed by atoms with Crippen LogP contribution in [0, 0.1) is 17.0 Å². The average Bonchev–Trinajstić information content (AvgIpc) is 3.15. The SMILES string of the molecule is Cc1ccc(C2=C/C(=C\c3ccc([N+](=O)[O-])cc3)C(=O)N2c2ccc3ncccc3c2)cc1. The highest BCUT2D eigenvalue weighted by Gasteiger charge is 2.30. The van der Waals surface area contributed by atoms with E-state index in [2.05, 4.69) is 4.98 Å². The predicted molar refractivity (Wildman–Crippen MR) is 129 cm³/mol. The predicted octanol–water partition coefficient (Wildman–Crippen LogP) is 5.92. The van der Waals surface area contributed by atoms with Gasteiger partial charge in [-0.3, -0.25) is 24.8 Å². The van der Waals surface area contributed by atoms with Gasteiger partial charge >= 0.3 is 0 Å². The lowest BCUT2D eigenvalue weighted by Gasteiger charge is -2.21. The number of nitro groups is 1. The van der Waals surface area contributed by atoms with Crippen LogP contribution in [-0.4, -0.2) is 15.8 Å². The van der Waals surface area contributed by atoms with Crippen molar-refractivity contribution in [2.75, 3.05) is 4.90 Å². The van der Waals surface area contributed by atoms with Crippen molar-refractivity contribution in [1.82, 2.24) is 4.98 Å². The van der Waals surface area contributed by atoms with Crippen LogP contribution in [0.3, 0.4) is 0 Å². The molecule has 4 aromatic rings. The van der Waals surface area contributed by atoms with Crippen molar-refractivity contribution >= 4 is 40.0 Å². The number of nitro benzene ring substituents is 1. The zero-order valence-corrected chi connectivity index (χ0v) is 17.8. The van der Waals surface area contributed by atoms with E-state index in [-0.39, 0.29) is 11.6 Å². The Hall–Kier alpha value is -4.58. The number of anilines is 1. The number of fused-ring (bicyclic) bond motifs is 1. The summed E-state index contributed by atoms with van der Waals surface area (Å²) in [7, 11) is 0. The molecule has 0 saturated heterocycles. The fourth-order valence-electron chi connectivity index (χ4n) is 3.88. The highest BCUT2D eigenvalue weighted by Crippen LogP contribution is 2.36. The van der Waals surface area contributed by atoms with Crippen molar-refractivity contribution in [1.29, 1.82) is 0 Å². The van der Waals surface area contributed by atoms with Crippen LogP contribution >= 0.6 is 0 Å². The lowest BCUT2D eigenvalue weighted by Crippen LogP contribution is -2.24. The second-order valence-corrected chi connectivity index (χ2v) is 7.86. The van der Waals surface area contributed by atoms with E-state index in [0.29, 0.717) is 11.1 Å². The molecule has 5 rings (SSSR count). The number of rotatable bonds is 4. The van der Waals surface area contributed by atoms with E-state index in [0.717, 1.165) is 33.4 Å². The number of amides is 1. The standard InChI is InChI=1S/C27H19N3O3/c1-18-4-8-20(9-5-18)26-17-22(15-19-6-10-23(11-7-19)30(32)33)27(31)29(26)24-12-13-25-21(16-24)3-2-14-28-25/h2-17H,1H3/b22-15+. The molecule has 1 aromatic heterocycles. The molecule has 0 fully saturated rings. The Bertz CT molecular complexity index is 1450. The number of carbonyl (C=O) groups is 1. The number of pyridine rings is 1. The monoisotopic (exact) mass is 433 g/mol. The molecule has 0 saturated carbocycles. The van der Waals surface area contributed by atoms with Gasteiger partial charge in [0, 0.05) is 35.0 Å². The quantitative estimate of drug-likeness (QED) is 0.227. The number of benzene rings is 3. The maximum Gasteiger partial charge on any atom is 0.269 e. The molecule has 2 heterocycles. The smallest absolute Gasteiger partial charge is 0.269 e. The van der Waals surface area contributed by atoms with E-state index in [4.69, 9.17) is 0 Å². The first-order valence-electron chi connectivity index (χ1n) is 10.4. The number of hydrogen-bond donors (Lipinski definition) is 0. The maximum absolute atomic E-state index is 13.6. The van der Waals surface area contributed by atoms with Gasteiger partial charge in [-0.2, -0.15) is 0 Å². The highest BCUT2D eigenvalue weighted by molar-refractivity contribution is 6.23. The van der Waals surface area contributed by atoms with Crippen molar-refractivity contribution in [3.05, 3.63) is 124 Å². The van der Waals surface area contributed by atoms with Gasteiger partial charge in [0.15, 0.2) is 0 Å². The second kappa shape index (κ2) is 8.16. The van der Waals surface area contributed by atoms with Gasteiger partial charge in [0.05, 0.1) is 16.1 Å². The van der Waals surface area contributed by atoms with Crippen molar-refractivity contribution in [2.45, 2.75) is 6.92 Å². The molecule has 6 heteroatoms. The molecule has 0 bridgehead atoms. The Morgan fingerprint density at radius 2 is 1.73 bits per heavy atom. The van der Waals surface area contributed by atoms with Crippen LogP contribution in [-0.2, 0) is 4.79 Å². The molecule has 1 amide bonds. The van der Waals surface area contributed by atoms with E-state index >= 15 is 0 Å².